The number of thiophene rings is 1. The van der Waals surface area contributed by atoms with Gasteiger partial charge in [-0.15, -0.1) is 11.3 Å². The molecule has 0 spiro atoms. The van der Waals surface area contributed by atoms with Crippen molar-refractivity contribution in [2.45, 2.75) is 32.9 Å². The first kappa shape index (κ1) is 15.5. The molecule has 2 rings (SSSR count). The normalized spacial score (nSPS) is 18.6. The van der Waals surface area contributed by atoms with Crippen LogP contribution in [0.15, 0.2) is 11.4 Å². The summed E-state index contributed by atoms with van der Waals surface area (Å²) in [7, 11) is 0. The van der Waals surface area contributed by atoms with Crippen LogP contribution < -0.4 is 5.73 Å². The Bertz CT molecular complexity index is 464. The maximum atomic E-state index is 5.45. The molecule has 1 aromatic heterocycles. The lowest BCUT2D eigenvalue weighted by Crippen LogP contribution is -2.48. The molecule has 1 aliphatic heterocycles. The summed E-state index contributed by atoms with van der Waals surface area (Å²) in [5, 5.41) is 2.13. The van der Waals surface area contributed by atoms with Crippen molar-refractivity contribution >= 4 is 11.3 Å². The van der Waals surface area contributed by atoms with Gasteiger partial charge in [0.25, 0.3) is 0 Å². The van der Waals surface area contributed by atoms with Gasteiger partial charge in [0.1, 0.15) is 0 Å². The molecule has 0 aliphatic carbocycles. The second-order valence-corrected chi connectivity index (χ2v) is 6.33. The van der Waals surface area contributed by atoms with Crippen molar-refractivity contribution < 1.29 is 0 Å². The van der Waals surface area contributed by atoms with Gasteiger partial charge in [-0.1, -0.05) is 18.8 Å². The van der Waals surface area contributed by atoms with Crippen molar-refractivity contribution in [2.24, 2.45) is 5.73 Å². The van der Waals surface area contributed by atoms with Gasteiger partial charge < -0.3 is 5.73 Å². The fourth-order valence-corrected chi connectivity index (χ4v) is 3.42. The van der Waals surface area contributed by atoms with Gasteiger partial charge in [-0.25, -0.2) is 0 Å². The maximum absolute atomic E-state index is 5.45. The Morgan fingerprint density at radius 3 is 2.75 bits per heavy atom. The molecule has 20 heavy (non-hydrogen) atoms. The predicted molar refractivity (Wildman–Crippen MR) is 86.9 cm³/mol. The molecule has 1 fully saturated rings. The van der Waals surface area contributed by atoms with Crippen molar-refractivity contribution in [2.75, 3.05) is 32.7 Å². The molecule has 0 radical (unpaired) electrons. The second-order valence-electron chi connectivity index (χ2n) is 5.33. The highest BCUT2D eigenvalue weighted by Gasteiger charge is 2.20. The molecule has 0 bridgehead atoms. The molecule has 0 amide bonds. The first-order valence-corrected chi connectivity index (χ1v) is 8.34. The third-order valence-corrected chi connectivity index (χ3v) is 4.96. The Kier molecular flexibility index (Phi) is 6.06. The number of piperazine rings is 1. The lowest BCUT2D eigenvalue weighted by Gasteiger charge is -2.37. The van der Waals surface area contributed by atoms with Crippen molar-refractivity contribution in [3.8, 4) is 11.8 Å². The van der Waals surface area contributed by atoms with E-state index in [1.807, 2.05) is 0 Å². The van der Waals surface area contributed by atoms with E-state index in [9.17, 15) is 0 Å². The van der Waals surface area contributed by atoms with Gasteiger partial charge in [0, 0.05) is 49.2 Å². The van der Waals surface area contributed by atoms with E-state index in [1.54, 1.807) is 11.3 Å². The molecular formula is C16H25N3S. The van der Waals surface area contributed by atoms with E-state index in [0.29, 0.717) is 12.6 Å². The molecular weight excluding hydrogens is 266 g/mol. The summed E-state index contributed by atoms with van der Waals surface area (Å²) in [5.74, 6) is 6.13. The molecule has 0 saturated carbocycles. The Morgan fingerprint density at radius 1 is 1.35 bits per heavy atom. The minimum atomic E-state index is 0.433. The van der Waals surface area contributed by atoms with Crippen LogP contribution in [0.2, 0.25) is 0 Å². The Hall–Kier alpha value is -0.860. The third-order valence-electron chi connectivity index (χ3n) is 4.06. The van der Waals surface area contributed by atoms with E-state index in [-0.39, 0.29) is 0 Å². The minimum Gasteiger partial charge on any atom is -0.320 e. The number of hydrogen-bond acceptors (Lipinski definition) is 4. The van der Waals surface area contributed by atoms with E-state index in [1.165, 1.54) is 24.4 Å². The summed E-state index contributed by atoms with van der Waals surface area (Å²) < 4.78 is 0. The largest absolute Gasteiger partial charge is 0.320 e. The summed E-state index contributed by atoms with van der Waals surface area (Å²) in [6.07, 6.45) is 1.24. The number of nitrogens with zero attached hydrogens (tertiary/aromatic N) is 2. The fraction of sp³-hybridized carbons (Fsp3) is 0.625. The molecule has 0 aromatic carbocycles. The first-order valence-electron chi connectivity index (χ1n) is 7.46. The number of rotatable bonds is 4. The quantitative estimate of drug-likeness (QED) is 0.861. The molecule has 1 unspecified atom stereocenters. The summed E-state index contributed by atoms with van der Waals surface area (Å²) in [5.41, 5.74) is 6.61. The molecule has 1 aromatic rings. The lowest BCUT2D eigenvalue weighted by atomic mass is 10.2. The molecule has 4 heteroatoms. The fourth-order valence-electron chi connectivity index (χ4n) is 2.54. The molecule has 3 nitrogen and oxygen atoms in total. The van der Waals surface area contributed by atoms with Gasteiger partial charge in [-0.05, 0) is 24.8 Å². The molecule has 1 aliphatic rings. The summed E-state index contributed by atoms with van der Waals surface area (Å²) in [6, 6.07) is 2.82. The molecule has 2 N–H and O–H groups in total. The van der Waals surface area contributed by atoms with Gasteiger partial charge in [0.05, 0.1) is 6.54 Å². The molecule has 1 atom stereocenters. The van der Waals surface area contributed by atoms with Crippen LogP contribution in [0.4, 0.5) is 0 Å². The molecule has 110 valence electrons. The minimum absolute atomic E-state index is 0.433. The van der Waals surface area contributed by atoms with Crippen LogP contribution in [0.5, 0.6) is 0 Å². The van der Waals surface area contributed by atoms with E-state index in [2.05, 4.69) is 46.9 Å². The van der Waals surface area contributed by atoms with Crippen LogP contribution in [0.3, 0.4) is 0 Å². The standard InChI is InChI=1S/C16H25N3S/c1-3-14(2)19-10-8-18(9-11-19)13-16-15(5-4-7-17)6-12-20-16/h6,12,14H,3,7-11,13,17H2,1-2H3. The summed E-state index contributed by atoms with van der Waals surface area (Å²) in [4.78, 5) is 6.52. The first-order chi connectivity index (χ1) is 9.74. The Labute approximate surface area is 126 Å². The Morgan fingerprint density at radius 2 is 2.10 bits per heavy atom. The number of hydrogen-bond donors (Lipinski definition) is 1. The molecule has 1 saturated heterocycles. The van der Waals surface area contributed by atoms with Crippen molar-refractivity contribution in [1.29, 1.82) is 0 Å². The highest BCUT2D eigenvalue weighted by atomic mass is 32.1. The average Bonchev–Trinajstić information content (AvgIpc) is 2.92. The topological polar surface area (TPSA) is 32.5 Å². The zero-order chi connectivity index (χ0) is 14.4. The zero-order valence-corrected chi connectivity index (χ0v) is 13.4. The van der Waals surface area contributed by atoms with E-state index < -0.39 is 0 Å². The summed E-state index contributed by atoms with van der Waals surface area (Å²) >= 11 is 1.81. The van der Waals surface area contributed by atoms with E-state index in [0.717, 1.165) is 25.2 Å². The van der Waals surface area contributed by atoms with Crippen LogP contribution in [-0.2, 0) is 6.54 Å². The SMILES string of the molecule is CCC(C)N1CCN(Cc2sccc2C#CCN)CC1. The zero-order valence-electron chi connectivity index (χ0n) is 12.6. The van der Waals surface area contributed by atoms with Crippen LogP contribution in [-0.4, -0.2) is 48.6 Å². The molecule has 2 heterocycles. The van der Waals surface area contributed by atoms with E-state index in [4.69, 9.17) is 5.73 Å². The highest BCUT2D eigenvalue weighted by Crippen LogP contribution is 2.19. The van der Waals surface area contributed by atoms with Gasteiger partial charge in [-0.3, -0.25) is 9.80 Å². The third kappa shape index (κ3) is 4.07. The highest BCUT2D eigenvalue weighted by molar-refractivity contribution is 7.10. The van der Waals surface area contributed by atoms with Crippen LogP contribution in [0, 0.1) is 11.8 Å². The number of nitrogens with two attached hydrogens (primary N) is 1. The summed E-state index contributed by atoms with van der Waals surface area (Å²) in [6.45, 7) is 10.7. The monoisotopic (exact) mass is 291 g/mol. The Balaban J connectivity index is 1.88. The van der Waals surface area contributed by atoms with Crippen LogP contribution in [0.1, 0.15) is 30.7 Å². The average molecular weight is 291 g/mol. The van der Waals surface area contributed by atoms with Crippen molar-refractivity contribution in [3.63, 3.8) is 0 Å². The van der Waals surface area contributed by atoms with Crippen LogP contribution in [0.25, 0.3) is 0 Å². The van der Waals surface area contributed by atoms with Crippen LogP contribution >= 0.6 is 11.3 Å². The van der Waals surface area contributed by atoms with Gasteiger partial charge in [0.2, 0.25) is 0 Å². The van der Waals surface area contributed by atoms with Crippen molar-refractivity contribution in [1.82, 2.24) is 9.80 Å². The van der Waals surface area contributed by atoms with Gasteiger partial charge in [0.15, 0.2) is 0 Å². The van der Waals surface area contributed by atoms with Crippen molar-refractivity contribution in [3.05, 3.63) is 21.9 Å². The van der Waals surface area contributed by atoms with Gasteiger partial charge >= 0.3 is 0 Å². The predicted octanol–water partition coefficient (Wildman–Crippen LogP) is 1.97. The smallest absolute Gasteiger partial charge is 0.0555 e. The van der Waals surface area contributed by atoms with E-state index >= 15 is 0 Å². The lowest BCUT2D eigenvalue weighted by molar-refractivity contribution is 0.0969. The second kappa shape index (κ2) is 7.80. The van der Waals surface area contributed by atoms with Gasteiger partial charge in [-0.2, -0.15) is 0 Å². The maximum Gasteiger partial charge on any atom is 0.0555 e.